The van der Waals surface area contributed by atoms with Crippen molar-refractivity contribution in [2.24, 2.45) is 5.92 Å². The van der Waals surface area contributed by atoms with Gasteiger partial charge in [0.25, 0.3) is 5.91 Å². The summed E-state index contributed by atoms with van der Waals surface area (Å²) in [5, 5.41) is 21.0. The van der Waals surface area contributed by atoms with Gasteiger partial charge < -0.3 is 10.1 Å². The first-order valence-electron chi connectivity index (χ1n) is 6.37. The third kappa shape index (κ3) is 4.11. The Morgan fingerprint density at radius 1 is 1.48 bits per heavy atom. The van der Waals surface area contributed by atoms with Crippen LogP contribution in [-0.2, 0) is 4.79 Å². The summed E-state index contributed by atoms with van der Waals surface area (Å²) < 4.78 is 5.31. The van der Waals surface area contributed by atoms with Gasteiger partial charge in [-0.3, -0.25) is 4.79 Å². The second-order valence-corrected chi connectivity index (χ2v) is 5.44. The molecule has 1 N–H and O–H groups in total. The van der Waals surface area contributed by atoms with Crippen LogP contribution in [0.25, 0.3) is 0 Å². The third-order valence-electron chi connectivity index (χ3n) is 3.23. The lowest BCUT2D eigenvalue weighted by atomic mass is 9.90. The largest absolute Gasteiger partial charge is 0.482 e. The standard InChI is InChI=1S/C15H16ClN3O2/c1-10(2)15(3,9-18)19-14(20)8-21-13-6-4-5-12(16)11(13)7-17/h4-6,10H,8H2,1-3H3,(H,19,20)/t15-/m0/s1. The third-order valence-corrected chi connectivity index (χ3v) is 3.55. The molecule has 1 rings (SSSR count). The number of carbonyl (C=O) groups excluding carboxylic acids is 1. The molecule has 0 aliphatic heterocycles. The van der Waals surface area contributed by atoms with E-state index in [4.69, 9.17) is 26.9 Å². The predicted molar refractivity (Wildman–Crippen MR) is 78.7 cm³/mol. The molecule has 0 saturated carbocycles. The number of nitrogens with one attached hydrogen (secondary N) is 1. The summed E-state index contributed by atoms with van der Waals surface area (Å²) in [7, 11) is 0. The van der Waals surface area contributed by atoms with Crippen molar-refractivity contribution in [2.75, 3.05) is 6.61 Å². The number of carbonyl (C=O) groups is 1. The van der Waals surface area contributed by atoms with Gasteiger partial charge in [0.1, 0.15) is 22.9 Å². The molecular formula is C15H16ClN3O2. The van der Waals surface area contributed by atoms with Crippen molar-refractivity contribution in [3.63, 3.8) is 0 Å². The van der Waals surface area contributed by atoms with Gasteiger partial charge in [-0.2, -0.15) is 10.5 Å². The second kappa shape index (κ2) is 6.97. The van der Waals surface area contributed by atoms with Crippen molar-refractivity contribution in [2.45, 2.75) is 26.3 Å². The monoisotopic (exact) mass is 305 g/mol. The number of benzene rings is 1. The zero-order chi connectivity index (χ0) is 16.0. The highest BCUT2D eigenvalue weighted by Gasteiger charge is 2.30. The lowest BCUT2D eigenvalue weighted by molar-refractivity contribution is -0.124. The van der Waals surface area contributed by atoms with Crippen LogP contribution in [0, 0.1) is 28.6 Å². The highest BCUT2D eigenvalue weighted by molar-refractivity contribution is 6.31. The Hall–Kier alpha value is -2.24. The molecule has 0 aromatic heterocycles. The van der Waals surface area contributed by atoms with E-state index in [1.165, 1.54) is 0 Å². The molecule has 0 unspecified atom stereocenters. The fraction of sp³-hybridized carbons (Fsp3) is 0.400. The van der Waals surface area contributed by atoms with Crippen LogP contribution in [0.5, 0.6) is 5.75 Å². The Morgan fingerprint density at radius 3 is 2.67 bits per heavy atom. The fourth-order valence-electron chi connectivity index (χ4n) is 1.50. The van der Waals surface area contributed by atoms with Crippen molar-refractivity contribution < 1.29 is 9.53 Å². The molecule has 0 heterocycles. The van der Waals surface area contributed by atoms with E-state index in [0.717, 1.165) is 0 Å². The summed E-state index contributed by atoms with van der Waals surface area (Å²) in [6, 6.07) is 8.76. The van der Waals surface area contributed by atoms with Crippen molar-refractivity contribution in [1.82, 2.24) is 5.32 Å². The van der Waals surface area contributed by atoms with Crippen LogP contribution in [0.1, 0.15) is 26.3 Å². The molecule has 0 aliphatic carbocycles. The van der Waals surface area contributed by atoms with Gasteiger partial charge in [-0.15, -0.1) is 0 Å². The summed E-state index contributed by atoms with van der Waals surface area (Å²) in [6.45, 7) is 5.04. The summed E-state index contributed by atoms with van der Waals surface area (Å²) in [4.78, 5) is 11.9. The molecular weight excluding hydrogens is 290 g/mol. The fourth-order valence-corrected chi connectivity index (χ4v) is 1.71. The Balaban J connectivity index is 2.74. The minimum Gasteiger partial charge on any atom is -0.482 e. The number of nitriles is 2. The lowest BCUT2D eigenvalue weighted by Gasteiger charge is -2.27. The molecule has 0 spiro atoms. The molecule has 1 amide bonds. The van der Waals surface area contributed by atoms with E-state index in [1.807, 2.05) is 19.9 Å². The van der Waals surface area contributed by atoms with Gasteiger partial charge in [0, 0.05) is 0 Å². The molecule has 110 valence electrons. The maximum absolute atomic E-state index is 11.9. The van der Waals surface area contributed by atoms with Gasteiger partial charge in [-0.1, -0.05) is 31.5 Å². The van der Waals surface area contributed by atoms with Crippen molar-refractivity contribution in [1.29, 1.82) is 10.5 Å². The molecule has 6 heteroatoms. The normalized spacial score (nSPS) is 12.9. The van der Waals surface area contributed by atoms with Crippen LogP contribution >= 0.6 is 11.6 Å². The van der Waals surface area contributed by atoms with E-state index in [1.54, 1.807) is 25.1 Å². The average Bonchev–Trinajstić information content (AvgIpc) is 2.44. The Morgan fingerprint density at radius 2 is 2.14 bits per heavy atom. The molecule has 0 bridgehead atoms. The number of halogens is 1. The van der Waals surface area contributed by atoms with Gasteiger partial charge in [0.2, 0.25) is 0 Å². The van der Waals surface area contributed by atoms with Crippen LogP contribution in [0.15, 0.2) is 18.2 Å². The van der Waals surface area contributed by atoms with Gasteiger partial charge >= 0.3 is 0 Å². The van der Waals surface area contributed by atoms with Crippen molar-refractivity contribution >= 4 is 17.5 Å². The maximum atomic E-state index is 11.9. The molecule has 5 nitrogen and oxygen atoms in total. The molecule has 0 saturated heterocycles. The molecule has 1 atom stereocenters. The number of amides is 1. The minimum atomic E-state index is -0.965. The number of hydrogen-bond acceptors (Lipinski definition) is 4. The summed E-state index contributed by atoms with van der Waals surface area (Å²) in [6.07, 6.45) is 0. The number of rotatable bonds is 5. The van der Waals surface area contributed by atoms with Gasteiger partial charge in [-0.25, -0.2) is 0 Å². The van der Waals surface area contributed by atoms with E-state index >= 15 is 0 Å². The van der Waals surface area contributed by atoms with Crippen molar-refractivity contribution in [3.8, 4) is 17.9 Å². The SMILES string of the molecule is CC(C)[C@](C)(C#N)NC(=O)COc1cccc(Cl)c1C#N. The Bertz CT molecular complexity index is 616. The van der Waals surface area contributed by atoms with Crippen LogP contribution in [0.3, 0.4) is 0 Å². The van der Waals surface area contributed by atoms with E-state index in [0.29, 0.717) is 0 Å². The van der Waals surface area contributed by atoms with E-state index in [9.17, 15) is 4.79 Å². The van der Waals surface area contributed by atoms with E-state index in [2.05, 4.69) is 11.4 Å². The van der Waals surface area contributed by atoms with Crippen LogP contribution < -0.4 is 10.1 Å². The number of hydrogen-bond donors (Lipinski definition) is 1. The van der Waals surface area contributed by atoms with Crippen LogP contribution in [-0.4, -0.2) is 18.1 Å². The maximum Gasteiger partial charge on any atom is 0.259 e. The summed E-state index contributed by atoms with van der Waals surface area (Å²) >= 11 is 5.87. The molecule has 21 heavy (non-hydrogen) atoms. The van der Waals surface area contributed by atoms with Gasteiger partial charge in [-0.05, 0) is 25.0 Å². The first-order chi connectivity index (χ1) is 9.84. The topological polar surface area (TPSA) is 85.9 Å². The first-order valence-corrected chi connectivity index (χ1v) is 6.75. The smallest absolute Gasteiger partial charge is 0.259 e. The van der Waals surface area contributed by atoms with Gasteiger partial charge in [0.05, 0.1) is 11.1 Å². The zero-order valence-electron chi connectivity index (χ0n) is 12.1. The number of nitrogens with zero attached hydrogens (tertiary/aromatic N) is 2. The first kappa shape index (κ1) is 16.8. The Kier molecular flexibility index (Phi) is 5.58. The predicted octanol–water partition coefficient (Wildman–Crippen LogP) is 2.64. The molecule has 0 radical (unpaired) electrons. The lowest BCUT2D eigenvalue weighted by Crippen LogP contribution is -2.50. The molecule has 1 aromatic carbocycles. The highest BCUT2D eigenvalue weighted by Crippen LogP contribution is 2.25. The minimum absolute atomic E-state index is 0.0488. The van der Waals surface area contributed by atoms with Gasteiger partial charge in [0.15, 0.2) is 6.61 Å². The average molecular weight is 306 g/mol. The molecule has 1 aromatic rings. The molecule has 0 fully saturated rings. The van der Waals surface area contributed by atoms with Crippen molar-refractivity contribution in [3.05, 3.63) is 28.8 Å². The highest BCUT2D eigenvalue weighted by atomic mass is 35.5. The number of ether oxygens (including phenoxy) is 1. The van der Waals surface area contributed by atoms with E-state index in [-0.39, 0.29) is 28.9 Å². The Labute approximate surface area is 129 Å². The molecule has 0 aliphatic rings. The summed E-state index contributed by atoms with van der Waals surface area (Å²) in [5.41, 5.74) is -0.786. The summed E-state index contributed by atoms with van der Waals surface area (Å²) in [5.74, 6) is -0.243. The van der Waals surface area contributed by atoms with E-state index < -0.39 is 11.4 Å². The van der Waals surface area contributed by atoms with Crippen LogP contribution in [0.4, 0.5) is 0 Å². The second-order valence-electron chi connectivity index (χ2n) is 5.03. The quantitative estimate of drug-likeness (QED) is 0.906. The van der Waals surface area contributed by atoms with Crippen LogP contribution in [0.2, 0.25) is 5.02 Å². The zero-order valence-corrected chi connectivity index (χ0v) is 12.9.